The van der Waals surface area contributed by atoms with Crippen molar-refractivity contribution in [1.82, 2.24) is 5.32 Å². The van der Waals surface area contributed by atoms with Crippen LogP contribution in [0.25, 0.3) is 0 Å². The molecule has 112 valence electrons. The number of allylic oxidation sites excluding steroid dienone is 1. The molecule has 2 rings (SSSR count). The lowest BCUT2D eigenvalue weighted by atomic mass is 10.1. The first kappa shape index (κ1) is 15.1. The molecule has 1 atom stereocenters. The molecule has 2 amide bonds. The van der Waals surface area contributed by atoms with Crippen molar-refractivity contribution in [1.29, 1.82) is 0 Å². The number of hydrogen-bond donors (Lipinski definition) is 2. The molecular weight excluding hydrogens is 268 g/mol. The third-order valence-corrected chi connectivity index (χ3v) is 3.35. The zero-order chi connectivity index (χ0) is 15.4. The van der Waals surface area contributed by atoms with Crippen LogP contribution < -0.4 is 15.4 Å². The van der Waals surface area contributed by atoms with Crippen LogP contribution in [0, 0.1) is 0 Å². The Kier molecular flexibility index (Phi) is 4.62. The summed E-state index contributed by atoms with van der Waals surface area (Å²) in [5.74, 6) is 0.402. The number of hydrogen-bond acceptors (Lipinski definition) is 3. The van der Waals surface area contributed by atoms with Crippen LogP contribution in [-0.2, 0) is 9.59 Å². The molecular formula is C16H20N2O3. The molecule has 0 saturated heterocycles. The van der Waals surface area contributed by atoms with Gasteiger partial charge in [0.1, 0.15) is 5.75 Å². The van der Waals surface area contributed by atoms with Crippen LogP contribution in [0.15, 0.2) is 29.8 Å². The molecule has 0 aliphatic carbocycles. The number of anilines is 1. The first-order valence-corrected chi connectivity index (χ1v) is 7.05. The fourth-order valence-corrected chi connectivity index (χ4v) is 2.16. The number of rotatable bonds is 4. The van der Waals surface area contributed by atoms with Crippen molar-refractivity contribution in [3.8, 4) is 5.75 Å². The summed E-state index contributed by atoms with van der Waals surface area (Å²) in [4.78, 5) is 23.3. The largest absolute Gasteiger partial charge is 0.482 e. The van der Waals surface area contributed by atoms with Gasteiger partial charge in [-0.2, -0.15) is 0 Å². The van der Waals surface area contributed by atoms with Crippen LogP contribution in [0.5, 0.6) is 5.75 Å². The molecule has 0 radical (unpaired) electrons. The normalized spacial score (nSPS) is 15.6. The van der Waals surface area contributed by atoms with Gasteiger partial charge in [-0.05, 0) is 38.0 Å². The maximum atomic E-state index is 12.0. The maximum Gasteiger partial charge on any atom is 0.262 e. The molecule has 0 fully saturated rings. The topological polar surface area (TPSA) is 67.4 Å². The van der Waals surface area contributed by atoms with Crippen LogP contribution in [-0.4, -0.2) is 18.4 Å². The van der Waals surface area contributed by atoms with Crippen molar-refractivity contribution in [3.05, 3.63) is 35.4 Å². The van der Waals surface area contributed by atoms with Crippen molar-refractivity contribution in [2.45, 2.75) is 33.2 Å². The molecule has 5 nitrogen and oxygen atoms in total. The molecule has 1 aromatic carbocycles. The summed E-state index contributed by atoms with van der Waals surface area (Å²) in [6.07, 6.45) is 2.72. The molecule has 2 N–H and O–H groups in total. The summed E-state index contributed by atoms with van der Waals surface area (Å²) in [7, 11) is 0. The van der Waals surface area contributed by atoms with Crippen LogP contribution >= 0.6 is 0 Å². The highest BCUT2D eigenvalue weighted by molar-refractivity contribution is 5.95. The van der Waals surface area contributed by atoms with Crippen molar-refractivity contribution in [2.24, 2.45) is 0 Å². The Morgan fingerprint density at radius 2 is 2.29 bits per heavy atom. The van der Waals surface area contributed by atoms with E-state index in [2.05, 4.69) is 10.6 Å². The van der Waals surface area contributed by atoms with Crippen LogP contribution in [0.2, 0.25) is 0 Å². The molecule has 1 heterocycles. The summed E-state index contributed by atoms with van der Waals surface area (Å²) >= 11 is 0. The smallest absolute Gasteiger partial charge is 0.262 e. The Morgan fingerprint density at radius 1 is 1.52 bits per heavy atom. The first-order chi connectivity index (χ1) is 10.0. The van der Waals surface area contributed by atoms with E-state index in [9.17, 15) is 9.59 Å². The van der Waals surface area contributed by atoms with E-state index in [0.29, 0.717) is 17.0 Å². The Balaban J connectivity index is 2.11. The van der Waals surface area contributed by atoms with Gasteiger partial charge in [0.25, 0.3) is 5.91 Å². The highest BCUT2D eigenvalue weighted by atomic mass is 16.5. The zero-order valence-electron chi connectivity index (χ0n) is 12.5. The average Bonchev–Trinajstić information content (AvgIpc) is 2.46. The predicted octanol–water partition coefficient (Wildman–Crippen LogP) is 2.55. The minimum absolute atomic E-state index is 0.0413. The van der Waals surface area contributed by atoms with Gasteiger partial charge in [0, 0.05) is 5.57 Å². The lowest BCUT2D eigenvalue weighted by molar-refractivity contribution is -0.119. The van der Waals surface area contributed by atoms with Crippen molar-refractivity contribution < 1.29 is 14.3 Å². The van der Waals surface area contributed by atoms with E-state index in [0.717, 1.165) is 12.0 Å². The molecule has 0 saturated carbocycles. The molecule has 1 aromatic rings. The molecule has 21 heavy (non-hydrogen) atoms. The van der Waals surface area contributed by atoms with E-state index >= 15 is 0 Å². The number of nitrogens with one attached hydrogen (secondary N) is 2. The van der Waals surface area contributed by atoms with Gasteiger partial charge in [-0.15, -0.1) is 0 Å². The number of carbonyl (C=O) groups excluding carboxylic acids is 2. The quantitative estimate of drug-likeness (QED) is 0.837. The van der Waals surface area contributed by atoms with Gasteiger partial charge in [0.2, 0.25) is 5.91 Å². The zero-order valence-corrected chi connectivity index (χ0v) is 12.5. The number of amides is 2. The number of benzene rings is 1. The molecule has 1 aliphatic rings. The van der Waals surface area contributed by atoms with E-state index in [1.54, 1.807) is 6.92 Å². The number of fused-ring (bicyclic) bond motifs is 1. The summed E-state index contributed by atoms with van der Waals surface area (Å²) in [5, 5.41) is 5.70. The SMILES string of the molecule is CC/C=C(\C)C(=O)N[C@@H](C)c1ccc2c(c1)NC(=O)CO2. The monoisotopic (exact) mass is 288 g/mol. The second kappa shape index (κ2) is 6.43. The maximum absolute atomic E-state index is 12.0. The van der Waals surface area contributed by atoms with E-state index in [4.69, 9.17) is 4.74 Å². The summed E-state index contributed by atoms with van der Waals surface area (Å²) in [5.41, 5.74) is 2.27. The highest BCUT2D eigenvalue weighted by Gasteiger charge is 2.18. The van der Waals surface area contributed by atoms with Gasteiger partial charge < -0.3 is 15.4 Å². The first-order valence-electron chi connectivity index (χ1n) is 7.05. The molecule has 0 unspecified atom stereocenters. The van der Waals surface area contributed by atoms with Gasteiger partial charge in [0.05, 0.1) is 11.7 Å². The van der Waals surface area contributed by atoms with Crippen molar-refractivity contribution in [3.63, 3.8) is 0 Å². The van der Waals surface area contributed by atoms with E-state index in [1.165, 1.54) is 0 Å². The summed E-state index contributed by atoms with van der Waals surface area (Å²) in [6.45, 7) is 5.74. The predicted molar refractivity (Wildman–Crippen MR) is 81.2 cm³/mol. The van der Waals surface area contributed by atoms with Crippen LogP contribution in [0.3, 0.4) is 0 Å². The Hall–Kier alpha value is -2.30. The number of ether oxygens (including phenoxy) is 1. The van der Waals surface area contributed by atoms with Crippen molar-refractivity contribution in [2.75, 3.05) is 11.9 Å². The van der Waals surface area contributed by atoms with E-state index in [-0.39, 0.29) is 24.5 Å². The average molecular weight is 288 g/mol. The van der Waals surface area contributed by atoms with Gasteiger partial charge in [-0.3, -0.25) is 9.59 Å². The van der Waals surface area contributed by atoms with Gasteiger partial charge in [0.15, 0.2) is 6.61 Å². The second-order valence-corrected chi connectivity index (χ2v) is 5.08. The third kappa shape index (κ3) is 3.62. The summed E-state index contributed by atoms with van der Waals surface area (Å²) in [6, 6.07) is 5.37. The lowest BCUT2D eigenvalue weighted by Crippen LogP contribution is -2.28. The van der Waals surface area contributed by atoms with Crippen LogP contribution in [0.4, 0.5) is 5.69 Å². The fraction of sp³-hybridized carbons (Fsp3) is 0.375. The molecule has 0 aromatic heterocycles. The molecule has 0 bridgehead atoms. The van der Waals surface area contributed by atoms with Gasteiger partial charge in [-0.1, -0.05) is 19.1 Å². The Morgan fingerprint density at radius 3 is 3.00 bits per heavy atom. The fourth-order valence-electron chi connectivity index (χ4n) is 2.16. The molecule has 0 spiro atoms. The minimum atomic E-state index is -0.168. The van der Waals surface area contributed by atoms with Crippen LogP contribution in [0.1, 0.15) is 38.8 Å². The number of carbonyl (C=O) groups is 2. The third-order valence-electron chi connectivity index (χ3n) is 3.35. The highest BCUT2D eigenvalue weighted by Crippen LogP contribution is 2.30. The van der Waals surface area contributed by atoms with Gasteiger partial charge >= 0.3 is 0 Å². The summed E-state index contributed by atoms with van der Waals surface area (Å²) < 4.78 is 5.31. The van der Waals surface area contributed by atoms with Crippen molar-refractivity contribution >= 4 is 17.5 Å². The standard InChI is InChI=1S/C16H20N2O3/c1-4-5-10(2)16(20)17-11(3)12-6-7-14-13(8-12)18-15(19)9-21-14/h5-8,11H,4,9H2,1-3H3,(H,17,20)(H,18,19)/b10-5+/t11-/m0/s1. The van der Waals surface area contributed by atoms with Gasteiger partial charge in [-0.25, -0.2) is 0 Å². The van der Waals surface area contributed by atoms with E-state index in [1.807, 2.05) is 38.1 Å². The minimum Gasteiger partial charge on any atom is -0.482 e. The lowest BCUT2D eigenvalue weighted by Gasteiger charge is -2.21. The van der Waals surface area contributed by atoms with E-state index < -0.39 is 0 Å². The molecule has 1 aliphatic heterocycles. The second-order valence-electron chi connectivity index (χ2n) is 5.08. The Labute approximate surface area is 124 Å². The molecule has 5 heteroatoms. The Bertz CT molecular complexity index is 593.